The van der Waals surface area contributed by atoms with Gasteiger partial charge in [0, 0.05) is 37.2 Å². The third-order valence-corrected chi connectivity index (χ3v) is 12.8. The molecule has 17 nitrogen and oxygen atoms in total. The molecule has 1 aromatic carbocycles. The Hall–Kier alpha value is -3.97. The van der Waals surface area contributed by atoms with E-state index >= 15 is 4.79 Å². The molecule has 0 aromatic heterocycles. The topological polar surface area (TPSA) is 254 Å². The lowest BCUT2D eigenvalue weighted by Crippen LogP contribution is -2.71. The molecule has 2 bridgehead atoms. The number of hydrogen-bond acceptors (Lipinski definition) is 16. The first-order valence-corrected chi connectivity index (χ1v) is 20.2. The Balaban J connectivity index is 1.73. The Labute approximate surface area is 349 Å². The number of esters is 3. The van der Waals surface area contributed by atoms with Gasteiger partial charge in [-0.15, -0.1) is 0 Å². The molecule has 3 aliphatic carbocycles. The molecule has 4 aliphatic rings. The van der Waals surface area contributed by atoms with E-state index in [-0.39, 0.29) is 29.0 Å². The number of nitrogens with one attached hydrogen (secondary N) is 1. The minimum absolute atomic E-state index is 0.0301. The zero-order chi connectivity index (χ0) is 45.1. The van der Waals surface area contributed by atoms with Crippen LogP contribution in [0.2, 0.25) is 0 Å². The second kappa shape index (κ2) is 16.4. The number of carbonyl (C=O) groups excluding carboxylic acids is 5. The van der Waals surface area contributed by atoms with Crippen molar-refractivity contribution >= 4 is 29.8 Å². The second-order valence-electron chi connectivity index (χ2n) is 18.8. The molecule has 1 amide bonds. The smallest absolute Gasteiger partial charge is 0.407 e. The van der Waals surface area contributed by atoms with Crippen LogP contribution in [0.4, 0.5) is 4.79 Å². The summed E-state index contributed by atoms with van der Waals surface area (Å²) in [7, 11) is 0. The third-order valence-electron chi connectivity index (χ3n) is 12.8. The summed E-state index contributed by atoms with van der Waals surface area (Å²) in [6.45, 7) is 15.2. The molecule has 2 saturated carbocycles. The number of amides is 1. The van der Waals surface area contributed by atoms with E-state index < -0.39 is 131 Å². The quantitative estimate of drug-likeness (QED) is 0.112. The molecule has 3 fully saturated rings. The fraction of sp³-hybridized carbons (Fsp3) is 0.698. The Kier molecular flexibility index (Phi) is 12.9. The van der Waals surface area contributed by atoms with Crippen LogP contribution in [-0.4, -0.2) is 122 Å². The Bertz CT molecular complexity index is 1870. The van der Waals surface area contributed by atoms with Crippen LogP contribution in [0, 0.1) is 28.6 Å². The molecular formula is C43H61NO16. The number of aliphatic hydroxyl groups is 5. The van der Waals surface area contributed by atoms with Gasteiger partial charge in [0.25, 0.3) is 0 Å². The van der Waals surface area contributed by atoms with Crippen LogP contribution in [0.15, 0.2) is 41.5 Å². The highest BCUT2D eigenvalue weighted by atomic mass is 16.8. The molecule has 12 atom stereocenters. The number of hydrogen-bond donors (Lipinski definition) is 6. The normalized spacial score (nSPS) is 35.9. The van der Waals surface area contributed by atoms with Gasteiger partial charge in [-0.25, -0.2) is 9.59 Å². The number of ketones is 1. The summed E-state index contributed by atoms with van der Waals surface area (Å²) in [6, 6.07) is 6.57. The van der Waals surface area contributed by atoms with E-state index in [1.165, 1.54) is 39.8 Å². The molecule has 1 aliphatic heterocycles. The van der Waals surface area contributed by atoms with Crippen molar-refractivity contribution in [1.29, 1.82) is 0 Å². The summed E-state index contributed by atoms with van der Waals surface area (Å²) in [4.78, 5) is 67.3. The number of fused-ring (bicyclic) bond motifs is 3. The first-order chi connectivity index (χ1) is 27.5. The number of alkyl carbamates (subject to hydrolysis) is 1. The fourth-order valence-corrected chi connectivity index (χ4v) is 9.83. The van der Waals surface area contributed by atoms with E-state index in [1.807, 2.05) is 13.8 Å². The van der Waals surface area contributed by atoms with Gasteiger partial charge in [-0.1, -0.05) is 58.0 Å². The van der Waals surface area contributed by atoms with Crippen molar-refractivity contribution in [2.24, 2.45) is 28.6 Å². The van der Waals surface area contributed by atoms with Gasteiger partial charge < -0.3 is 59.3 Å². The molecular weight excluding hydrogens is 786 g/mol. The predicted molar refractivity (Wildman–Crippen MR) is 209 cm³/mol. The van der Waals surface area contributed by atoms with E-state index in [0.717, 1.165) is 13.8 Å². The van der Waals surface area contributed by atoms with Gasteiger partial charge in [-0.05, 0) is 58.1 Å². The molecule has 17 heteroatoms. The Morgan fingerprint density at radius 2 is 1.60 bits per heavy atom. The second-order valence-corrected chi connectivity index (χ2v) is 18.8. The molecule has 1 unspecified atom stereocenters. The average Bonchev–Trinajstić information content (AvgIpc) is 3.20. The van der Waals surface area contributed by atoms with Gasteiger partial charge in [0.2, 0.25) is 0 Å². The molecule has 60 heavy (non-hydrogen) atoms. The van der Waals surface area contributed by atoms with Crippen molar-refractivity contribution < 1.29 is 77.9 Å². The van der Waals surface area contributed by atoms with Crippen LogP contribution in [0.3, 0.4) is 0 Å². The van der Waals surface area contributed by atoms with Gasteiger partial charge in [0.1, 0.15) is 29.0 Å². The van der Waals surface area contributed by atoms with Crippen molar-refractivity contribution in [3.8, 4) is 0 Å². The highest BCUT2D eigenvalue weighted by Crippen LogP contribution is 2.66. The van der Waals surface area contributed by atoms with Crippen molar-refractivity contribution in [3.63, 3.8) is 0 Å². The minimum Gasteiger partial charge on any atom is -0.465 e. The molecule has 0 radical (unpaired) electrons. The highest BCUT2D eigenvalue weighted by molar-refractivity contribution is 5.95. The van der Waals surface area contributed by atoms with Crippen LogP contribution in [-0.2, 0) is 53.6 Å². The first kappa shape index (κ1) is 47.1. The largest absolute Gasteiger partial charge is 0.465 e. The van der Waals surface area contributed by atoms with Gasteiger partial charge in [-0.3, -0.25) is 14.4 Å². The van der Waals surface area contributed by atoms with Crippen molar-refractivity contribution in [2.75, 3.05) is 13.2 Å². The molecule has 1 aromatic rings. The fourth-order valence-electron chi connectivity index (χ4n) is 9.83. The van der Waals surface area contributed by atoms with Crippen molar-refractivity contribution in [2.45, 2.75) is 148 Å². The number of Topliss-reactive ketones (excluding diaryl/α,β-unsaturated/α-hetero) is 1. The molecule has 334 valence electrons. The van der Waals surface area contributed by atoms with Crippen molar-refractivity contribution in [3.05, 3.63) is 47.0 Å². The zero-order valence-electron chi connectivity index (χ0n) is 36.1. The molecule has 5 rings (SSSR count). The maximum Gasteiger partial charge on any atom is 0.407 e. The zero-order valence-corrected chi connectivity index (χ0v) is 36.1. The van der Waals surface area contributed by atoms with Gasteiger partial charge in [0.15, 0.2) is 18.0 Å². The average molecular weight is 848 g/mol. The molecule has 1 heterocycles. The van der Waals surface area contributed by atoms with Crippen LogP contribution < -0.4 is 5.32 Å². The summed E-state index contributed by atoms with van der Waals surface area (Å²) in [5.41, 5.74) is -9.46. The van der Waals surface area contributed by atoms with Gasteiger partial charge in [-0.2, -0.15) is 0 Å². The standard InChI is InChI=1S/C43H61NO16/c1-21(2)17-27(44-37(51)60-38(6,7)8)30(47)36(50)58-28-18-42(53)35-32-40(11,34(49)31(57-24(5)46)29(22(28)3)39(42,9)10)33(48)26(19-55-23(4)45)41(32,52)20-56-43(54,59-35)25-15-13-12-14-16-25/h12-16,21,26-28,30-33,35,47-48,52-54H,17-20H2,1-11H3,(H,44,51)/t26-,27+,28-,30+,31+,32-,33-,35-,40-,41+,42+,43?/m0/s1. The summed E-state index contributed by atoms with van der Waals surface area (Å²) in [5.74, 6) is -9.91. The predicted octanol–water partition coefficient (Wildman–Crippen LogP) is 2.32. The van der Waals surface area contributed by atoms with Crippen molar-refractivity contribution in [1.82, 2.24) is 5.32 Å². The number of aliphatic hydroxyl groups excluding tert-OH is 2. The lowest BCUT2D eigenvalue weighted by molar-refractivity contribution is -0.403. The van der Waals surface area contributed by atoms with Crippen LogP contribution >= 0.6 is 0 Å². The van der Waals surface area contributed by atoms with Crippen LogP contribution in [0.25, 0.3) is 0 Å². The van der Waals surface area contributed by atoms with E-state index in [2.05, 4.69) is 5.32 Å². The molecule has 0 spiro atoms. The summed E-state index contributed by atoms with van der Waals surface area (Å²) in [6.07, 6.45) is -10.4. The number of benzene rings is 1. The lowest BCUT2D eigenvalue weighted by Gasteiger charge is -2.59. The van der Waals surface area contributed by atoms with E-state index in [9.17, 15) is 44.7 Å². The minimum atomic E-state index is -2.72. The van der Waals surface area contributed by atoms with Gasteiger partial charge in [0.05, 0.1) is 36.7 Å². The highest BCUT2D eigenvalue weighted by Gasteiger charge is 2.79. The maximum absolute atomic E-state index is 15.4. The SMILES string of the molecule is CC(=O)OC[C@H]1[C@H](O)[C@@]2(C)C(=O)[C@H](OC(C)=O)C3=C(C)[C@@H](OC(=O)[C@H](O)[C@@H](CC(C)C)NC(=O)OC(C)(C)C)C[C@@](O)([C@H]4OC(O)(c5ccccc5)OC[C@]1(O)[C@@H]42)C3(C)C. The van der Waals surface area contributed by atoms with E-state index in [0.29, 0.717) is 0 Å². The summed E-state index contributed by atoms with van der Waals surface area (Å²) < 4.78 is 35.0. The van der Waals surface area contributed by atoms with E-state index in [1.54, 1.807) is 39.0 Å². The lowest BCUT2D eigenvalue weighted by atomic mass is 9.50. The Morgan fingerprint density at radius 3 is 2.15 bits per heavy atom. The molecule has 1 saturated heterocycles. The third kappa shape index (κ3) is 8.21. The van der Waals surface area contributed by atoms with Crippen LogP contribution in [0.1, 0.15) is 94.6 Å². The monoisotopic (exact) mass is 847 g/mol. The first-order valence-electron chi connectivity index (χ1n) is 20.2. The number of rotatable bonds is 10. The Morgan fingerprint density at radius 1 is 0.983 bits per heavy atom. The van der Waals surface area contributed by atoms with E-state index in [4.69, 9.17) is 28.4 Å². The van der Waals surface area contributed by atoms with Gasteiger partial charge >= 0.3 is 30.0 Å². The summed E-state index contributed by atoms with van der Waals surface area (Å²) >= 11 is 0. The maximum atomic E-state index is 15.4. The number of ether oxygens (including phenoxy) is 6. The molecule has 6 N–H and O–H groups in total. The van der Waals surface area contributed by atoms with Crippen LogP contribution in [0.5, 0.6) is 0 Å². The number of carbonyl (C=O) groups is 5. The summed E-state index contributed by atoms with van der Waals surface area (Å²) in [5, 5.41) is 65.1.